The zero-order valence-corrected chi connectivity index (χ0v) is 8.48. The molecule has 1 aromatic rings. The average Bonchev–Trinajstić information content (AvgIpc) is 2.16. The molecular formula is C10H11F4NO. The predicted molar refractivity (Wildman–Crippen MR) is 50.0 cm³/mol. The van der Waals surface area contributed by atoms with Gasteiger partial charge in [-0.2, -0.15) is 13.2 Å². The van der Waals surface area contributed by atoms with Gasteiger partial charge in [0.1, 0.15) is 5.82 Å². The van der Waals surface area contributed by atoms with Crippen molar-refractivity contribution in [2.75, 3.05) is 6.54 Å². The van der Waals surface area contributed by atoms with E-state index in [4.69, 9.17) is 5.73 Å². The third kappa shape index (κ3) is 2.51. The smallest absolute Gasteiger partial charge is 0.384 e. The molecule has 0 radical (unpaired) electrons. The van der Waals surface area contributed by atoms with Crippen LogP contribution in [0.5, 0.6) is 0 Å². The Labute approximate surface area is 89.7 Å². The van der Waals surface area contributed by atoms with Crippen molar-refractivity contribution in [2.45, 2.75) is 18.7 Å². The second-order valence-corrected chi connectivity index (χ2v) is 3.67. The first-order valence-electron chi connectivity index (χ1n) is 4.48. The van der Waals surface area contributed by atoms with Crippen molar-refractivity contribution in [2.24, 2.45) is 5.73 Å². The highest BCUT2D eigenvalue weighted by Crippen LogP contribution is 2.33. The number of hydrogen-bond acceptors (Lipinski definition) is 2. The molecule has 1 rings (SSSR count). The SMILES string of the molecule is CC(O)(CN)c1ccc(F)c(C(F)(F)F)c1. The fraction of sp³-hybridized carbons (Fsp3) is 0.400. The third-order valence-corrected chi connectivity index (χ3v) is 2.29. The summed E-state index contributed by atoms with van der Waals surface area (Å²) in [6.45, 7) is 1.01. The van der Waals surface area contributed by atoms with Gasteiger partial charge in [-0.25, -0.2) is 4.39 Å². The van der Waals surface area contributed by atoms with E-state index >= 15 is 0 Å². The molecule has 0 aliphatic rings. The predicted octanol–water partition coefficient (Wildman–Crippen LogP) is 2.01. The van der Waals surface area contributed by atoms with Crippen molar-refractivity contribution in [3.63, 3.8) is 0 Å². The van der Waals surface area contributed by atoms with Gasteiger partial charge in [-0.15, -0.1) is 0 Å². The van der Waals surface area contributed by atoms with Crippen LogP contribution in [-0.2, 0) is 11.8 Å². The monoisotopic (exact) mass is 237 g/mol. The molecule has 2 nitrogen and oxygen atoms in total. The highest BCUT2D eigenvalue weighted by atomic mass is 19.4. The molecule has 3 N–H and O–H groups in total. The molecular weight excluding hydrogens is 226 g/mol. The fourth-order valence-corrected chi connectivity index (χ4v) is 1.20. The maximum absolute atomic E-state index is 12.9. The van der Waals surface area contributed by atoms with Crippen molar-refractivity contribution in [3.8, 4) is 0 Å². The molecule has 0 saturated heterocycles. The van der Waals surface area contributed by atoms with Crippen LogP contribution < -0.4 is 5.73 Å². The van der Waals surface area contributed by atoms with Crippen molar-refractivity contribution >= 4 is 0 Å². The molecule has 0 aromatic heterocycles. The zero-order chi connectivity index (χ0) is 12.6. The van der Waals surface area contributed by atoms with Gasteiger partial charge >= 0.3 is 6.18 Å². The number of alkyl halides is 3. The summed E-state index contributed by atoms with van der Waals surface area (Å²) < 4.78 is 50.0. The van der Waals surface area contributed by atoms with Crippen LogP contribution in [-0.4, -0.2) is 11.7 Å². The lowest BCUT2D eigenvalue weighted by Gasteiger charge is -2.22. The number of benzene rings is 1. The van der Waals surface area contributed by atoms with Crippen LogP contribution in [0.1, 0.15) is 18.1 Å². The summed E-state index contributed by atoms with van der Waals surface area (Å²) in [5.74, 6) is -1.37. The van der Waals surface area contributed by atoms with Crippen LogP contribution in [0.25, 0.3) is 0 Å². The van der Waals surface area contributed by atoms with E-state index in [9.17, 15) is 22.7 Å². The summed E-state index contributed by atoms with van der Waals surface area (Å²) in [6.07, 6.45) is -4.79. The lowest BCUT2D eigenvalue weighted by molar-refractivity contribution is -0.140. The maximum Gasteiger partial charge on any atom is 0.419 e. The normalized spacial score (nSPS) is 15.9. The third-order valence-electron chi connectivity index (χ3n) is 2.29. The minimum atomic E-state index is -4.79. The topological polar surface area (TPSA) is 46.2 Å². The number of aliphatic hydroxyl groups is 1. The van der Waals surface area contributed by atoms with Gasteiger partial charge in [-0.1, -0.05) is 6.07 Å². The summed E-state index contributed by atoms with van der Waals surface area (Å²) in [4.78, 5) is 0. The average molecular weight is 237 g/mol. The molecule has 6 heteroatoms. The lowest BCUT2D eigenvalue weighted by atomic mass is 9.94. The van der Waals surface area contributed by atoms with E-state index in [-0.39, 0.29) is 12.1 Å². The molecule has 1 unspecified atom stereocenters. The zero-order valence-electron chi connectivity index (χ0n) is 8.48. The first-order chi connectivity index (χ1) is 7.18. The first kappa shape index (κ1) is 12.9. The van der Waals surface area contributed by atoms with Gasteiger partial charge in [-0.3, -0.25) is 0 Å². The number of nitrogens with two attached hydrogens (primary N) is 1. The Hall–Kier alpha value is -1.14. The summed E-state index contributed by atoms with van der Waals surface area (Å²) in [5, 5.41) is 9.66. The molecule has 1 atom stereocenters. The molecule has 0 spiro atoms. The van der Waals surface area contributed by atoms with Crippen LogP contribution in [0.15, 0.2) is 18.2 Å². The van der Waals surface area contributed by atoms with Crippen LogP contribution in [0.2, 0.25) is 0 Å². The number of hydrogen-bond donors (Lipinski definition) is 2. The molecule has 0 heterocycles. The fourth-order valence-electron chi connectivity index (χ4n) is 1.20. The first-order valence-corrected chi connectivity index (χ1v) is 4.48. The number of rotatable bonds is 2. The maximum atomic E-state index is 12.9. The summed E-state index contributed by atoms with van der Waals surface area (Å²) >= 11 is 0. The van der Waals surface area contributed by atoms with Gasteiger partial charge in [0.15, 0.2) is 0 Å². The van der Waals surface area contributed by atoms with E-state index < -0.39 is 23.2 Å². The Balaban J connectivity index is 3.29. The highest BCUT2D eigenvalue weighted by Gasteiger charge is 2.35. The van der Waals surface area contributed by atoms with Crippen molar-refractivity contribution in [3.05, 3.63) is 35.1 Å². The second-order valence-electron chi connectivity index (χ2n) is 3.67. The highest BCUT2D eigenvalue weighted by molar-refractivity contribution is 5.31. The van der Waals surface area contributed by atoms with Gasteiger partial charge < -0.3 is 10.8 Å². The Morgan fingerprint density at radius 3 is 2.31 bits per heavy atom. The van der Waals surface area contributed by atoms with Gasteiger partial charge in [0.05, 0.1) is 11.2 Å². The van der Waals surface area contributed by atoms with E-state index in [1.807, 2.05) is 0 Å². The van der Waals surface area contributed by atoms with Crippen LogP contribution in [0.3, 0.4) is 0 Å². The Morgan fingerprint density at radius 1 is 1.31 bits per heavy atom. The number of halogens is 4. The van der Waals surface area contributed by atoms with Crippen molar-refractivity contribution in [1.29, 1.82) is 0 Å². The van der Waals surface area contributed by atoms with Crippen LogP contribution in [0, 0.1) is 5.82 Å². The van der Waals surface area contributed by atoms with E-state index in [1.54, 1.807) is 0 Å². The molecule has 0 fully saturated rings. The minimum Gasteiger partial charge on any atom is -0.384 e. The van der Waals surface area contributed by atoms with Crippen molar-refractivity contribution in [1.82, 2.24) is 0 Å². The Kier molecular flexibility index (Phi) is 3.25. The van der Waals surface area contributed by atoms with Crippen LogP contribution in [0.4, 0.5) is 17.6 Å². The van der Waals surface area contributed by atoms with E-state index in [2.05, 4.69) is 0 Å². The van der Waals surface area contributed by atoms with E-state index in [1.165, 1.54) is 6.92 Å². The van der Waals surface area contributed by atoms with Gasteiger partial charge in [0, 0.05) is 6.54 Å². The molecule has 0 aliphatic carbocycles. The van der Waals surface area contributed by atoms with Gasteiger partial charge in [0.2, 0.25) is 0 Å². The minimum absolute atomic E-state index is 0.0660. The Bertz CT molecular complexity index is 387. The molecule has 16 heavy (non-hydrogen) atoms. The summed E-state index contributed by atoms with van der Waals surface area (Å²) in [6, 6.07) is 2.32. The van der Waals surface area contributed by atoms with Crippen LogP contribution >= 0.6 is 0 Å². The summed E-state index contributed by atoms with van der Waals surface area (Å²) in [7, 11) is 0. The quantitative estimate of drug-likeness (QED) is 0.773. The molecule has 0 bridgehead atoms. The largest absolute Gasteiger partial charge is 0.419 e. The molecule has 0 amide bonds. The van der Waals surface area contributed by atoms with Crippen molar-refractivity contribution < 1.29 is 22.7 Å². The molecule has 0 saturated carbocycles. The Morgan fingerprint density at radius 2 is 1.88 bits per heavy atom. The lowest BCUT2D eigenvalue weighted by Crippen LogP contribution is -2.31. The molecule has 1 aromatic carbocycles. The summed E-state index contributed by atoms with van der Waals surface area (Å²) in [5.41, 5.74) is 2.14. The van der Waals surface area contributed by atoms with E-state index in [0.29, 0.717) is 12.1 Å². The second kappa shape index (κ2) is 4.03. The standard InChI is InChI=1S/C10H11F4NO/c1-9(16,5-15)6-2-3-8(11)7(4-6)10(12,13)14/h2-4,16H,5,15H2,1H3. The van der Waals surface area contributed by atoms with Gasteiger partial charge in [-0.05, 0) is 24.6 Å². The van der Waals surface area contributed by atoms with E-state index in [0.717, 1.165) is 6.07 Å². The molecule has 90 valence electrons. The molecule has 0 aliphatic heterocycles. The van der Waals surface area contributed by atoms with Gasteiger partial charge in [0.25, 0.3) is 0 Å².